The molecular weight excluding hydrogens is 186 g/mol. The van der Waals surface area contributed by atoms with Crippen molar-refractivity contribution in [1.29, 1.82) is 0 Å². The Morgan fingerprint density at radius 3 is 2.85 bits per heavy atom. The van der Waals surface area contributed by atoms with Gasteiger partial charge in [-0.3, -0.25) is 4.79 Å². The third kappa shape index (κ3) is 3.02. The zero-order chi connectivity index (χ0) is 9.84. The number of rotatable bonds is 3. The average molecular weight is 199 g/mol. The van der Waals surface area contributed by atoms with Crippen molar-refractivity contribution in [1.82, 2.24) is 9.88 Å². The van der Waals surface area contributed by atoms with Crippen LogP contribution in [0.15, 0.2) is 5.38 Å². The molecule has 0 saturated heterocycles. The minimum Gasteiger partial charge on any atom is -0.352 e. The Morgan fingerprint density at radius 2 is 2.38 bits per heavy atom. The first-order valence-electron chi connectivity index (χ1n) is 3.95. The molecule has 0 unspecified atom stereocenters. The number of aromatic nitrogens is 1. The molecule has 4 nitrogen and oxygen atoms in total. The fourth-order valence-electron chi connectivity index (χ4n) is 0.745. The van der Waals surface area contributed by atoms with E-state index in [9.17, 15) is 4.79 Å². The number of nitrogens with zero attached hydrogens (tertiary/aromatic N) is 2. The summed E-state index contributed by atoms with van der Waals surface area (Å²) in [4.78, 5) is 16.9. The highest BCUT2D eigenvalue weighted by molar-refractivity contribution is 7.13. The lowest BCUT2D eigenvalue weighted by molar-refractivity contribution is -0.126. The van der Waals surface area contributed by atoms with Gasteiger partial charge in [-0.25, -0.2) is 4.98 Å². The van der Waals surface area contributed by atoms with Crippen molar-refractivity contribution >= 4 is 22.4 Å². The Morgan fingerprint density at radius 1 is 1.69 bits per heavy atom. The summed E-state index contributed by atoms with van der Waals surface area (Å²) in [5.74, 6) is 0.0489. The van der Waals surface area contributed by atoms with E-state index < -0.39 is 0 Å². The normalized spacial score (nSPS) is 9.77. The number of likely N-dealkylation sites (N-methyl/N-ethyl adjacent to an activating group) is 1. The van der Waals surface area contributed by atoms with Crippen LogP contribution in [0.3, 0.4) is 0 Å². The van der Waals surface area contributed by atoms with Gasteiger partial charge in [0.25, 0.3) is 0 Å². The highest BCUT2D eigenvalue weighted by Gasteiger charge is 2.04. The lowest BCUT2D eigenvalue weighted by Crippen LogP contribution is -2.28. The largest absolute Gasteiger partial charge is 0.352 e. The van der Waals surface area contributed by atoms with Crippen molar-refractivity contribution in [2.75, 3.05) is 26.0 Å². The quantitative estimate of drug-likeness (QED) is 0.788. The minimum atomic E-state index is 0.0489. The van der Waals surface area contributed by atoms with Crippen molar-refractivity contribution in [3.8, 4) is 0 Å². The molecule has 0 fully saturated rings. The van der Waals surface area contributed by atoms with E-state index >= 15 is 0 Å². The molecule has 5 heteroatoms. The number of anilines is 1. The van der Waals surface area contributed by atoms with E-state index in [1.54, 1.807) is 19.0 Å². The number of hydrogen-bond acceptors (Lipinski definition) is 4. The number of carbonyl (C=O) groups excluding carboxylic acids is 1. The zero-order valence-electron chi connectivity index (χ0n) is 8.00. The van der Waals surface area contributed by atoms with Gasteiger partial charge in [-0.05, 0) is 6.92 Å². The van der Waals surface area contributed by atoms with Gasteiger partial charge < -0.3 is 10.2 Å². The zero-order valence-corrected chi connectivity index (χ0v) is 8.81. The number of hydrogen-bond donors (Lipinski definition) is 1. The van der Waals surface area contributed by atoms with E-state index in [1.807, 2.05) is 12.3 Å². The summed E-state index contributed by atoms with van der Waals surface area (Å²) >= 11 is 1.51. The fraction of sp³-hybridized carbons (Fsp3) is 0.500. The van der Waals surface area contributed by atoms with Crippen LogP contribution in [0, 0.1) is 6.92 Å². The Labute approximate surface area is 81.6 Å². The molecule has 0 bridgehead atoms. The Kier molecular flexibility index (Phi) is 3.25. The maximum absolute atomic E-state index is 11.2. The van der Waals surface area contributed by atoms with Gasteiger partial charge in [0.05, 0.1) is 12.2 Å². The van der Waals surface area contributed by atoms with Gasteiger partial charge in [-0.15, -0.1) is 11.3 Å². The van der Waals surface area contributed by atoms with Gasteiger partial charge in [0, 0.05) is 19.5 Å². The highest BCUT2D eigenvalue weighted by Crippen LogP contribution is 2.13. The molecular formula is C8H13N3OS. The molecule has 72 valence electrons. The van der Waals surface area contributed by atoms with Crippen LogP contribution in [0.25, 0.3) is 0 Å². The molecule has 0 saturated carbocycles. The first kappa shape index (κ1) is 9.98. The Bertz CT molecular complexity index is 295. The van der Waals surface area contributed by atoms with E-state index in [2.05, 4.69) is 10.3 Å². The molecule has 0 aliphatic rings. The third-order valence-electron chi connectivity index (χ3n) is 1.51. The van der Waals surface area contributed by atoms with Crippen LogP contribution in [0.1, 0.15) is 5.69 Å². The molecule has 0 radical (unpaired) electrons. The van der Waals surface area contributed by atoms with E-state index in [0.29, 0.717) is 6.54 Å². The van der Waals surface area contributed by atoms with Crippen LogP contribution in [0.5, 0.6) is 0 Å². The third-order valence-corrected chi connectivity index (χ3v) is 2.43. The molecule has 0 aliphatic heterocycles. The van der Waals surface area contributed by atoms with Crippen LogP contribution in [0.4, 0.5) is 5.13 Å². The second-order valence-corrected chi connectivity index (χ2v) is 3.79. The number of thiazole rings is 1. The van der Waals surface area contributed by atoms with Gasteiger partial charge in [0.1, 0.15) is 0 Å². The maximum Gasteiger partial charge on any atom is 0.241 e. The summed E-state index contributed by atoms with van der Waals surface area (Å²) in [6, 6.07) is 0. The smallest absolute Gasteiger partial charge is 0.241 e. The van der Waals surface area contributed by atoms with Gasteiger partial charge in [-0.1, -0.05) is 0 Å². The molecule has 13 heavy (non-hydrogen) atoms. The number of aryl methyl sites for hydroxylation is 1. The number of nitrogens with one attached hydrogen (secondary N) is 1. The predicted molar refractivity (Wildman–Crippen MR) is 54.0 cm³/mol. The second kappa shape index (κ2) is 4.23. The van der Waals surface area contributed by atoms with Crippen LogP contribution in [0.2, 0.25) is 0 Å². The molecule has 1 aromatic rings. The highest BCUT2D eigenvalue weighted by atomic mass is 32.1. The molecule has 0 aliphatic carbocycles. The van der Waals surface area contributed by atoms with E-state index in [-0.39, 0.29) is 5.91 Å². The van der Waals surface area contributed by atoms with Crippen LogP contribution in [-0.4, -0.2) is 36.4 Å². The fourth-order valence-corrected chi connectivity index (χ4v) is 1.43. The lowest BCUT2D eigenvalue weighted by Gasteiger charge is -2.09. The monoisotopic (exact) mass is 199 g/mol. The summed E-state index contributed by atoms with van der Waals surface area (Å²) in [5, 5.41) is 5.71. The van der Waals surface area contributed by atoms with E-state index in [4.69, 9.17) is 0 Å². The van der Waals surface area contributed by atoms with Crippen LogP contribution < -0.4 is 5.32 Å². The SMILES string of the molecule is Cc1csc(NCC(=O)N(C)C)n1. The van der Waals surface area contributed by atoms with Gasteiger partial charge >= 0.3 is 0 Å². The topological polar surface area (TPSA) is 45.2 Å². The summed E-state index contributed by atoms with van der Waals surface area (Å²) in [7, 11) is 3.47. The molecule has 0 aromatic carbocycles. The lowest BCUT2D eigenvalue weighted by atomic mass is 10.5. The maximum atomic E-state index is 11.2. The Hall–Kier alpha value is -1.10. The summed E-state index contributed by atoms with van der Waals surface area (Å²) in [6.45, 7) is 2.23. The van der Waals surface area contributed by atoms with E-state index in [1.165, 1.54) is 11.3 Å². The standard InChI is InChI=1S/C8H13N3OS/c1-6-5-13-8(10-6)9-4-7(12)11(2)3/h5H,4H2,1-3H3,(H,9,10). The minimum absolute atomic E-state index is 0.0489. The van der Waals surface area contributed by atoms with Crippen molar-refractivity contribution in [3.05, 3.63) is 11.1 Å². The number of carbonyl (C=O) groups is 1. The summed E-state index contributed by atoms with van der Waals surface area (Å²) in [6.07, 6.45) is 0. The second-order valence-electron chi connectivity index (χ2n) is 2.94. The molecule has 1 aromatic heterocycles. The van der Waals surface area contributed by atoms with Crippen molar-refractivity contribution in [3.63, 3.8) is 0 Å². The van der Waals surface area contributed by atoms with Crippen molar-refractivity contribution < 1.29 is 4.79 Å². The van der Waals surface area contributed by atoms with Crippen LogP contribution >= 0.6 is 11.3 Å². The molecule has 1 N–H and O–H groups in total. The van der Waals surface area contributed by atoms with Crippen LogP contribution in [-0.2, 0) is 4.79 Å². The predicted octanol–water partition coefficient (Wildman–Crippen LogP) is 0.952. The van der Waals surface area contributed by atoms with Crippen molar-refractivity contribution in [2.24, 2.45) is 0 Å². The summed E-state index contributed by atoms with van der Waals surface area (Å²) < 4.78 is 0. The average Bonchev–Trinajstić information content (AvgIpc) is 2.47. The molecule has 1 heterocycles. The van der Waals surface area contributed by atoms with E-state index in [0.717, 1.165) is 10.8 Å². The first-order valence-corrected chi connectivity index (χ1v) is 4.83. The summed E-state index contributed by atoms with van der Waals surface area (Å²) in [5.41, 5.74) is 0.977. The van der Waals surface area contributed by atoms with Gasteiger partial charge in [-0.2, -0.15) is 0 Å². The molecule has 1 amide bonds. The Balaban J connectivity index is 2.39. The molecule has 0 atom stereocenters. The molecule has 0 spiro atoms. The first-order chi connectivity index (χ1) is 6.09. The molecule has 1 rings (SSSR count). The van der Waals surface area contributed by atoms with Gasteiger partial charge in [0.15, 0.2) is 5.13 Å². The van der Waals surface area contributed by atoms with Gasteiger partial charge in [0.2, 0.25) is 5.91 Å². The number of amides is 1. The van der Waals surface area contributed by atoms with Crippen molar-refractivity contribution in [2.45, 2.75) is 6.92 Å².